The standard InChI is InChI=1S/C38H62FNO12/c1-25(49-38-36(34(47)32(45)29(24-42)51-38)52-37-35(48)33(46)31(44)28(23-41)50-37)15-13-11-9-7-5-3-2-4-6-8-10-12-14-16-30(43)40-22-21-26-17-19-27(39)20-18-26/h2-3,17-20,25,28-29,31-38,41-42,44-48H,4-16,21-24H2,1H3,(H,40,43)/b3-2-/t25?,28-,29-,31-,32-,33+,34+,35-,36-,37+,38-/m1/s1. The monoisotopic (exact) mass is 743 g/mol. The first-order valence-corrected chi connectivity index (χ1v) is 19.0. The number of ether oxygens (including phenoxy) is 4. The number of allylic oxidation sites excluding steroid dienone is 2. The SMILES string of the molecule is CC(CCCCCC/C=C\CCCCCCCC(=O)NCCc1ccc(F)cc1)O[C@@H]1O[C@H](CO)[C@@H](O)[C@H](O)[C@H]1O[C@@H]1O[C@H](CO)[C@@H](O)[C@H](O)[C@H]1O. The van der Waals surface area contributed by atoms with Crippen LogP contribution >= 0.6 is 0 Å². The van der Waals surface area contributed by atoms with Crippen LogP contribution in [-0.4, -0.2) is 129 Å². The number of aliphatic hydroxyl groups excluding tert-OH is 7. The Kier molecular flexibility index (Phi) is 20.8. The highest BCUT2D eigenvalue weighted by molar-refractivity contribution is 5.75. The van der Waals surface area contributed by atoms with Gasteiger partial charge in [-0.25, -0.2) is 4.39 Å². The van der Waals surface area contributed by atoms with E-state index in [1.807, 2.05) is 6.92 Å². The first-order chi connectivity index (χ1) is 25.0. The van der Waals surface area contributed by atoms with Crippen LogP contribution in [0.15, 0.2) is 36.4 Å². The fraction of sp³-hybridized carbons (Fsp3) is 0.763. The molecule has 1 amide bonds. The summed E-state index contributed by atoms with van der Waals surface area (Å²) < 4.78 is 35.8. The largest absolute Gasteiger partial charge is 0.394 e. The number of halogens is 1. The first kappa shape index (κ1) is 44.3. The van der Waals surface area contributed by atoms with Gasteiger partial charge in [-0.05, 0) is 69.6 Å². The highest BCUT2D eigenvalue weighted by atomic mass is 19.1. The quantitative estimate of drug-likeness (QED) is 0.0567. The van der Waals surface area contributed by atoms with Gasteiger partial charge in [-0.15, -0.1) is 0 Å². The van der Waals surface area contributed by atoms with Gasteiger partial charge in [0.05, 0.1) is 19.3 Å². The number of amides is 1. The summed E-state index contributed by atoms with van der Waals surface area (Å²) in [7, 11) is 0. The van der Waals surface area contributed by atoms with Crippen LogP contribution in [0.4, 0.5) is 4.39 Å². The van der Waals surface area contributed by atoms with Gasteiger partial charge in [0.2, 0.25) is 5.91 Å². The minimum Gasteiger partial charge on any atom is -0.394 e. The van der Waals surface area contributed by atoms with Gasteiger partial charge in [0.1, 0.15) is 54.6 Å². The molecule has 298 valence electrons. The second-order valence-electron chi connectivity index (χ2n) is 13.9. The molecule has 1 unspecified atom stereocenters. The summed E-state index contributed by atoms with van der Waals surface area (Å²) in [5, 5.41) is 73.9. The summed E-state index contributed by atoms with van der Waals surface area (Å²) in [6.45, 7) is 1.15. The molecule has 1 aromatic rings. The number of rotatable bonds is 24. The molecule has 14 heteroatoms. The lowest BCUT2D eigenvalue weighted by atomic mass is 9.97. The molecular weight excluding hydrogens is 681 g/mol. The molecule has 11 atom stereocenters. The third-order valence-electron chi connectivity index (χ3n) is 9.65. The Morgan fingerprint density at radius 1 is 0.769 bits per heavy atom. The smallest absolute Gasteiger partial charge is 0.220 e. The van der Waals surface area contributed by atoms with Gasteiger partial charge in [-0.1, -0.05) is 62.8 Å². The molecule has 0 aromatic heterocycles. The third kappa shape index (κ3) is 15.0. The highest BCUT2D eigenvalue weighted by Gasteiger charge is 2.51. The van der Waals surface area contributed by atoms with Crippen molar-refractivity contribution >= 4 is 5.91 Å². The molecule has 0 spiro atoms. The summed E-state index contributed by atoms with van der Waals surface area (Å²) in [5.41, 5.74) is 1.00. The van der Waals surface area contributed by atoms with Crippen molar-refractivity contribution in [3.63, 3.8) is 0 Å². The van der Waals surface area contributed by atoms with Gasteiger partial charge in [-0.3, -0.25) is 4.79 Å². The Bertz CT molecular complexity index is 1140. The topological polar surface area (TPSA) is 208 Å². The molecular formula is C38H62FNO12. The lowest BCUT2D eigenvalue weighted by Crippen LogP contribution is -2.64. The number of benzene rings is 1. The van der Waals surface area contributed by atoms with Crippen molar-refractivity contribution in [1.29, 1.82) is 0 Å². The van der Waals surface area contributed by atoms with Crippen LogP contribution in [0, 0.1) is 5.82 Å². The number of carbonyl (C=O) groups is 1. The normalized spacial score (nSPS) is 30.1. The first-order valence-electron chi connectivity index (χ1n) is 19.0. The molecule has 2 aliphatic rings. The molecule has 3 rings (SSSR count). The van der Waals surface area contributed by atoms with E-state index >= 15 is 0 Å². The van der Waals surface area contributed by atoms with Crippen LogP contribution in [0.2, 0.25) is 0 Å². The maximum Gasteiger partial charge on any atom is 0.220 e. The van der Waals surface area contributed by atoms with Crippen LogP contribution in [-0.2, 0) is 30.2 Å². The van der Waals surface area contributed by atoms with Crippen LogP contribution in [0.5, 0.6) is 0 Å². The van der Waals surface area contributed by atoms with Crippen LogP contribution in [0.1, 0.15) is 96.0 Å². The van der Waals surface area contributed by atoms with Gasteiger partial charge >= 0.3 is 0 Å². The van der Waals surface area contributed by atoms with Gasteiger partial charge in [-0.2, -0.15) is 0 Å². The third-order valence-corrected chi connectivity index (χ3v) is 9.65. The predicted octanol–water partition coefficient (Wildman–Crippen LogP) is 2.14. The molecule has 0 radical (unpaired) electrons. The number of unbranched alkanes of at least 4 members (excludes halogenated alkanes) is 9. The van der Waals surface area contributed by atoms with E-state index in [4.69, 9.17) is 18.9 Å². The summed E-state index contributed by atoms with van der Waals surface area (Å²) in [6, 6.07) is 6.34. The molecule has 0 aliphatic carbocycles. The minimum atomic E-state index is -1.72. The maximum absolute atomic E-state index is 13.0. The molecule has 0 saturated carbocycles. The lowest BCUT2D eigenvalue weighted by molar-refractivity contribution is -0.371. The fourth-order valence-electron chi connectivity index (χ4n) is 6.39. The Balaban J connectivity index is 1.22. The van der Waals surface area contributed by atoms with Crippen LogP contribution in [0.3, 0.4) is 0 Å². The summed E-state index contributed by atoms with van der Waals surface area (Å²) in [5.74, 6) is -0.190. The van der Waals surface area contributed by atoms with E-state index in [2.05, 4.69) is 17.5 Å². The van der Waals surface area contributed by atoms with E-state index in [1.165, 1.54) is 12.1 Å². The average Bonchev–Trinajstić information content (AvgIpc) is 3.13. The summed E-state index contributed by atoms with van der Waals surface area (Å²) in [6.07, 6.45) is 2.69. The number of aliphatic hydroxyl groups is 7. The molecule has 52 heavy (non-hydrogen) atoms. The van der Waals surface area contributed by atoms with Crippen molar-refractivity contribution in [2.75, 3.05) is 19.8 Å². The van der Waals surface area contributed by atoms with Crippen molar-refractivity contribution < 1.29 is 63.9 Å². The fourth-order valence-corrected chi connectivity index (χ4v) is 6.39. The Labute approximate surface area is 306 Å². The number of hydrogen-bond donors (Lipinski definition) is 8. The molecule has 2 aliphatic heterocycles. The zero-order chi connectivity index (χ0) is 37.9. The second kappa shape index (κ2) is 24.4. The van der Waals surface area contributed by atoms with E-state index < -0.39 is 74.6 Å². The van der Waals surface area contributed by atoms with Crippen molar-refractivity contribution in [2.45, 2.75) is 164 Å². The highest BCUT2D eigenvalue weighted by Crippen LogP contribution is 2.30. The minimum absolute atomic E-state index is 0.0671. The Morgan fingerprint density at radius 2 is 1.33 bits per heavy atom. The molecule has 13 nitrogen and oxygen atoms in total. The summed E-state index contributed by atoms with van der Waals surface area (Å²) in [4.78, 5) is 12.0. The lowest BCUT2D eigenvalue weighted by Gasteiger charge is -2.46. The number of carbonyl (C=O) groups excluding carboxylic acids is 1. The van der Waals surface area contributed by atoms with Gasteiger partial charge in [0.25, 0.3) is 0 Å². The number of hydrogen-bond acceptors (Lipinski definition) is 12. The predicted molar refractivity (Wildman–Crippen MR) is 189 cm³/mol. The van der Waals surface area contributed by atoms with Crippen molar-refractivity contribution in [1.82, 2.24) is 5.32 Å². The zero-order valence-corrected chi connectivity index (χ0v) is 30.4. The van der Waals surface area contributed by atoms with Crippen LogP contribution in [0.25, 0.3) is 0 Å². The molecule has 1 aromatic carbocycles. The molecule has 2 heterocycles. The summed E-state index contributed by atoms with van der Waals surface area (Å²) >= 11 is 0. The number of nitrogens with one attached hydrogen (secondary N) is 1. The van der Waals surface area contributed by atoms with E-state index in [0.717, 1.165) is 76.2 Å². The van der Waals surface area contributed by atoms with E-state index in [9.17, 15) is 44.9 Å². The van der Waals surface area contributed by atoms with E-state index in [-0.39, 0.29) is 17.8 Å². The zero-order valence-electron chi connectivity index (χ0n) is 30.4. The van der Waals surface area contributed by atoms with E-state index in [0.29, 0.717) is 25.8 Å². The van der Waals surface area contributed by atoms with Crippen LogP contribution < -0.4 is 5.32 Å². The molecule has 2 saturated heterocycles. The van der Waals surface area contributed by atoms with Crippen molar-refractivity contribution in [3.8, 4) is 0 Å². The van der Waals surface area contributed by atoms with Crippen molar-refractivity contribution in [3.05, 3.63) is 47.8 Å². The van der Waals surface area contributed by atoms with Gasteiger partial charge in [0, 0.05) is 13.0 Å². The molecule has 2 fully saturated rings. The maximum atomic E-state index is 13.0. The molecule has 0 bridgehead atoms. The Hall–Kier alpha value is -2.08. The average molecular weight is 744 g/mol. The van der Waals surface area contributed by atoms with Gasteiger partial charge < -0.3 is 60.0 Å². The Morgan fingerprint density at radius 3 is 1.96 bits per heavy atom. The second-order valence-corrected chi connectivity index (χ2v) is 13.9. The van der Waals surface area contributed by atoms with Gasteiger partial charge in [0.15, 0.2) is 12.6 Å². The molecule has 8 N–H and O–H groups in total. The van der Waals surface area contributed by atoms with Crippen molar-refractivity contribution in [2.24, 2.45) is 0 Å². The van der Waals surface area contributed by atoms with E-state index in [1.54, 1.807) is 12.1 Å².